The largest absolute Gasteiger partial charge is 0.481 e. The third kappa shape index (κ3) is 4.03. The highest BCUT2D eigenvalue weighted by Crippen LogP contribution is 2.23. The van der Waals surface area contributed by atoms with Gasteiger partial charge in [0, 0.05) is 36.5 Å². The molecular formula is C19H18N2O4. The average molecular weight is 338 g/mol. The van der Waals surface area contributed by atoms with Gasteiger partial charge in [-0.1, -0.05) is 0 Å². The summed E-state index contributed by atoms with van der Waals surface area (Å²) in [6.45, 7) is 3.91. The quantitative estimate of drug-likeness (QED) is 0.723. The molecule has 0 saturated carbocycles. The SMILES string of the molecule is Cc1cc(=O)oc2cc(O[C@H](C)C(=O)NCc3ccncc3)ccc12. The summed E-state index contributed by atoms with van der Waals surface area (Å²) >= 11 is 0. The van der Waals surface area contributed by atoms with Crippen LogP contribution in [-0.4, -0.2) is 17.0 Å². The molecule has 0 spiro atoms. The normalized spacial score (nSPS) is 11.9. The monoisotopic (exact) mass is 338 g/mol. The lowest BCUT2D eigenvalue weighted by molar-refractivity contribution is -0.127. The molecule has 6 heteroatoms. The molecule has 0 radical (unpaired) electrons. The second-order valence-corrected chi connectivity index (χ2v) is 5.74. The number of fused-ring (bicyclic) bond motifs is 1. The Kier molecular flexibility index (Phi) is 4.79. The fraction of sp³-hybridized carbons (Fsp3) is 0.211. The molecule has 3 aromatic rings. The summed E-state index contributed by atoms with van der Waals surface area (Å²) < 4.78 is 10.9. The molecule has 2 aromatic heterocycles. The van der Waals surface area contributed by atoms with Gasteiger partial charge in [-0.2, -0.15) is 0 Å². The number of ether oxygens (including phenoxy) is 1. The predicted molar refractivity (Wildman–Crippen MR) is 93.4 cm³/mol. The maximum atomic E-state index is 12.2. The Bertz CT molecular complexity index is 951. The van der Waals surface area contributed by atoms with E-state index in [9.17, 15) is 9.59 Å². The van der Waals surface area contributed by atoms with Gasteiger partial charge in [0.25, 0.3) is 5.91 Å². The number of aryl methyl sites for hydroxylation is 1. The number of nitrogens with one attached hydrogen (secondary N) is 1. The number of pyridine rings is 1. The van der Waals surface area contributed by atoms with Gasteiger partial charge >= 0.3 is 5.63 Å². The Morgan fingerprint density at radius 3 is 2.76 bits per heavy atom. The average Bonchev–Trinajstić information content (AvgIpc) is 2.60. The lowest BCUT2D eigenvalue weighted by atomic mass is 10.1. The first kappa shape index (κ1) is 16.7. The summed E-state index contributed by atoms with van der Waals surface area (Å²) in [6, 6.07) is 10.3. The molecule has 0 aliphatic carbocycles. The van der Waals surface area contributed by atoms with Gasteiger partial charge in [-0.15, -0.1) is 0 Å². The Hall–Kier alpha value is -3.15. The minimum atomic E-state index is -0.684. The van der Waals surface area contributed by atoms with Gasteiger partial charge in [-0.3, -0.25) is 9.78 Å². The standard InChI is InChI=1S/C19H18N2O4/c1-12-9-18(22)25-17-10-15(3-4-16(12)17)24-13(2)19(23)21-11-14-5-7-20-8-6-14/h3-10,13H,11H2,1-2H3,(H,21,23)/t13-/m1/s1. The molecule has 0 fully saturated rings. The predicted octanol–water partition coefficient (Wildman–Crippen LogP) is 2.58. The van der Waals surface area contributed by atoms with Gasteiger partial charge in [0.2, 0.25) is 0 Å². The number of benzene rings is 1. The van der Waals surface area contributed by atoms with Gasteiger partial charge < -0.3 is 14.5 Å². The van der Waals surface area contributed by atoms with Crippen LogP contribution in [0.25, 0.3) is 11.0 Å². The maximum Gasteiger partial charge on any atom is 0.336 e. The van der Waals surface area contributed by atoms with Crippen LogP contribution in [0.4, 0.5) is 0 Å². The van der Waals surface area contributed by atoms with E-state index < -0.39 is 11.7 Å². The van der Waals surface area contributed by atoms with Crippen LogP contribution in [0.1, 0.15) is 18.1 Å². The van der Waals surface area contributed by atoms with Crippen LogP contribution in [-0.2, 0) is 11.3 Å². The first-order valence-corrected chi connectivity index (χ1v) is 7.91. The van der Waals surface area contributed by atoms with Gasteiger partial charge in [-0.05, 0) is 49.2 Å². The molecule has 0 bridgehead atoms. The van der Waals surface area contributed by atoms with Crippen molar-refractivity contribution in [1.29, 1.82) is 0 Å². The first-order chi connectivity index (χ1) is 12.0. The summed E-state index contributed by atoms with van der Waals surface area (Å²) in [6.07, 6.45) is 2.66. The number of carbonyl (C=O) groups is 1. The molecular weight excluding hydrogens is 320 g/mol. The molecule has 2 heterocycles. The number of rotatable bonds is 5. The molecule has 1 amide bonds. The van der Waals surface area contributed by atoms with Gasteiger partial charge in [0.05, 0.1) is 0 Å². The number of hydrogen-bond acceptors (Lipinski definition) is 5. The van der Waals surface area contributed by atoms with Crippen molar-refractivity contribution < 1.29 is 13.9 Å². The molecule has 1 atom stereocenters. The highest BCUT2D eigenvalue weighted by molar-refractivity contribution is 5.82. The molecule has 25 heavy (non-hydrogen) atoms. The molecule has 0 unspecified atom stereocenters. The zero-order valence-corrected chi connectivity index (χ0v) is 14.0. The van der Waals surface area contributed by atoms with Crippen LogP contribution in [0.3, 0.4) is 0 Å². The number of aromatic nitrogens is 1. The van der Waals surface area contributed by atoms with E-state index in [2.05, 4.69) is 10.3 Å². The smallest absolute Gasteiger partial charge is 0.336 e. The van der Waals surface area contributed by atoms with Crippen molar-refractivity contribution in [3.63, 3.8) is 0 Å². The molecule has 3 rings (SSSR count). The topological polar surface area (TPSA) is 81.4 Å². The van der Waals surface area contributed by atoms with Crippen LogP contribution in [0.2, 0.25) is 0 Å². The van der Waals surface area contributed by atoms with Gasteiger partial charge in [0.1, 0.15) is 11.3 Å². The van der Waals surface area contributed by atoms with Crippen LogP contribution in [0.15, 0.2) is 58.0 Å². The number of carbonyl (C=O) groups excluding carboxylic acids is 1. The third-order valence-electron chi connectivity index (χ3n) is 3.82. The van der Waals surface area contributed by atoms with Crippen molar-refractivity contribution in [2.24, 2.45) is 0 Å². The van der Waals surface area contributed by atoms with Crippen molar-refractivity contribution in [1.82, 2.24) is 10.3 Å². The minimum absolute atomic E-state index is 0.234. The zero-order valence-electron chi connectivity index (χ0n) is 14.0. The summed E-state index contributed by atoms with van der Waals surface area (Å²) in [4.78, 5) is 27.6. The van der Waals surface area contributed by atoms with E-state index in [4.69, 9.17) is 9.15 Å². The van der Waals surface area contributed by atoms with Gasteiger partial charge in [-0.25, -0.2) is 4.79 Å². The van der Waals surface area contributed by atoms with E-state index in [1.165, 1.54) is 6.07 Å². The Balaban J connectivity index is 1.67. The summed E-state index contributed by atoms with van der Waals surface area (Å²) in [5, 5.41) is 3.64. The summed E-state index contributed by atoms with van der Waals surface area (Å²) in [5.41, 5.74) is 1.82. The minimum Gasteiger partial charge on any atom is -0.481 e. The van der Waals surface area contributed by atoms with Crippen LogP contribution in [0, 0.1) is 6.92 Å². The molecule has 1 aromatic carbocycles. The fourth-order valence-electron chi connectivity index (χ4n) is 2.47. The van der Waals surface area contributed by atoms with Crippen LogP contribution < -0.4 is 15.7 Å². The fourth-order valence-corrected chi connectivity index (χ4v) is 2.47. The molecule has 6 nitrogen and oxygen atoms in total. The van der Waals surface area contributed by atoms with Gasteiger partial charge in [0.15, 0.2) is 6.10 Å². The Labute approximate surface area is 144 Å². The van der Waals surface area contributed by atoms with E-state index in [1.807, 2.05) is 25.1 Å². The zero-order chi connectivity index (χ0) is 17.8. The maximum absolute atomic E-state index is 12.2. The van der Waals surface area contributed by atoms with Crippen molar-refractivity contribution >= 4 is 16.9 Å². The summed E-state index contributed by atoms with van der Waals surface area (Å²) in [5.74, 6) is 0.232. The van der Waals surface area contributed by atoms with Crippen molar-refractivity contribution in [2.45, 2.75) is 26.5 Å². The van der Waals surface area contributed by atoms with Crippen LogP contribution in [0.5, 0.6) is 5.75 Å². The third-order valence-corrected chi connectivity index (χ3v) is 3.82. The lowest BCUT2D eigenvalue weighted by Gasteiger charge is -2.15. The van der Waals surface area contributed by atoms with Crippen LogP contribution >= 0.6 is 0 Å². The molecule has 0 aliphatic heterocycles. The van der Waals surface area contributed by atoms with Crippen molar-refractivity contribution in [3.05, 3.63) is 70.3 Å². The highest BCUT2D eigenvalue weighted by Gasteiger charge is 2.15. The molecule has 0 aliphatic rings. The number of hydrogen-bond donors (Lipinski definition) is 1. The molecule has 0 saturated heterocycles. The highest BCUT2D eigenvalue weighted by atomic mass is 16.5. The lowest BCUT2D eigenvalue weighted by Crippen LogP contribution is -2.35. The Morgan fingerprint density at radius 1 is 1.24 bits per heavy atom. The summed E-state index contributed by atoms with van der Waals surface area (Å²) in [7, 11) is 0. The second-order valence-electron chi connectivity index (χ2n) is 5.74. The molecule has 1 N–H and O–H groups in total. The van der Waals surface area contributed by atoms with E-state index in [-0.39, 0.29) is 5.91 Å². The van der Waals surface area contributed by atoms with Crippen molar-refractivity contribution in [3.8, 4) is 5.75 Å². The number of amides is 1. The second kappa shape index (κ2) is 7.17. The number of nitrogens with zero attached hydrogens (tertiary/aromatic N) is 1. The van der Waals surface area contributed by atoms with E-state index >= 15 is 0 Å². The van der Waals surface area contributed by atoms with E-state index in [0.29, 0.717) is 17.9 Å². The Morgan fingerprint density at radius 2 is 2.00 bits per heavy atom. The molecule has 128 valence electrons. The first-order valence-electron chi connectivity index (χ1n) is 7.91. The van der Waals surface area contributed by atoms with Crippen molar-refractivity contribution in [2.75, 3.05) is 0 Å². The van der Waals surface area contributed by atoms with E-state index in [0.717, 1.165) is 16.5 Å². The van der Waals surface area contributed by atoms with E-state index in [1.54, 1.807) is 31.5 Å².